The molecule has 0 spiro atoms. The van der Waals surface area contributed by atoms with Crippen molar-refractivity contribution in [1.29, 1.82) is 0 Å². The van der Waals surface area contributed by atoms with E-state index in [0.29, 0.717) is 5.92 Å². The Labute approximate surface area is 93.6 Å². The molecule has 0 radical (unpaired) electrons. The van der Waals surface area contributed by atoms with Gasteiger partial charge in [-0.2, -0.15) is 0 Å². The summed E-state index contributed by atoms with van der Waals surface area (Å²) in [5.74, 6) is 0.600. The highest BCUT2D eigenvalue weighted by atomic mass is 16.6. The fraction of sp³-hybridized carbons (Fsp3) is 0.545. The normalized spacial score (nSPS) is 17.2. The lowest BCUT2D eigenvalue weighted by molar-refractivity contribution is -0.385. The average Bonchev–Trinajstić information content (AvgIpc) is 2.31. The minimum absolute atomic E-state index is 0.0516. The van der Waals surface area contributed by atoms with E-state index in [9.17, 15) is 10.1 Å². The molecule has 0 N–H and O–H groups in total. The lowest BCUT2D eigenvalue weighted by Gasteiger charge is -2.21. The van der Waals surface area contributed by atoms with Crippen LogP contribution in [0.5, 0.6) is 0 Å². The molecule has 1 aromatic heterocycles. The molecule has 5 heteroatoms. The van der Waals surface area contributed by atoms with Crippen molar-refractivity contribution in [3.63, 3.8) is 0 Å². The zero-order valence-corrected chi connectivity index (χ0v) is 8.96. The summed E-state index contributed by atoms with van der Waals surface area (Å²) < 4.78 is 5.28. The summed E-state index contributed by atoms with van der Waals surface area (Å²) in [6.07, 6.45) is 4.33. The second-order valence-corrected chi connectivity index (χ2v) is 4.02. The van der Waals surface area contributed by atoms with Gasteiger partial charge < -0.3 is 4.74 Å². The van der Waals surface area contributed by atoms with E-state index in [-0.39, 0.29) is 5.69 Å². The van der Waals surface area contributed by atoms with E-state index in [4.69, 9.17) is 4.74 Å². The standard InChI is InChI=1S/C11H14N2O3/c14-13(15)11-2-1-10(12-8-11)7-9-3-5-16-6-4-9/h1-2,8-9H,3-7H2. The predicted molar refractivity (Wildman–Crippen MR) is 58.1 cm³/mol. The lowest BCUT2D eigenvalue weighted by Crippen LogP contribution is -2.17. The van der Waals surface area contributed by atoms with Crippen LogP contribution in [0.2, 0.25) is 0 Å². The summed E-state index contributed by atoms with van der Waals surface area (Å²) in [5, 5.41) is 10.5. The second kappa shape index (κ2) is 5.03. The molecule has 0 aromatic carbocycles. The predicted octanol–water partition coefficient (Wildman–Crippen LogP) is 1.96. The van der Waals surface area contributed by atoms with Crippen molar-refractivity contribution < 1.29 is 9.66 Å². The summed E-state index contributed by atoms with van der Waals surface area (Å²) >= 11 is 0. The van der Waals surface area contributed by atoms with Gasteiger partial charge in [0.25, 0.3) is 5.69 Å². The molecule has 1 fully saturated rings. The highest BCUT2D eigenvalue weighted by Gasteiger charge is 2.15. The number of nitro groups is 1. The largest absolute Gasteiger partial charge is 0.381 e. The van der Waals surface area contributed by atoms with Crippen molar-refractivity contribution in [1.82, 2.24) is 4.98 Å². The lowest BCUT2D eigenvalue weighted by atomic mass is 9.95. The SMILES string of the molecule is O=[N+]([O-])c1ccc(CC2CCOCC2)nc1. The number of hydrogen-bond donors (Lipinski definition) is 0. The molecule has 0 unspecified atom stereocenters. The van der Waals surface area contributed by atoms with E-state index >= 15 is 0 Å². The second-order valence-electron chi connectivity index (χ2n) is 4.02. The Hall–Kier alpha value is -1.49. The van der Waals surface area contributed by atoms with Gasteiger partial charge >= 0.3 is 0 Å². The van der Waals surface area contributed by atoms with Gasteiger partial charge in [0.1, 0.15) is 6.20 Å². The monoisotopic (exact) mass is 222 g/mol. The fourth-order valence-electron chi connectivity index (χ4n) is 1.89. The third-order valence-electron chi connectivity index (χ3n) is 2.86. The van der Waals surface area contributed by atoms with Crippen molar-refractivity contribution in [3.05, 3.63) is 34.1 Å². The number of nitrogens with zero attached hydrogens (tertiary/aromatic N) is 2. The number of pyridine rings is 1. The first-order valence-electron chi connectivity index (χ1n) is 5.43. The zero-order valence-electron chi connectivity index (χ0n) is 8.96. The topological polar surface area (TPSA) is 65.3 Å². The molecule has 1 aliphatic rings. The molecule has 5 nitrogen and oxygen atoms in total. The van der Waals surface area contributed by atoms with E-state index in [1.807, 2.05) is 0 Å². The number of hydrogen-bond acceptors (Lipinski definition) is 4. The van der Waals surface area contributed by atoms with Crippen LogP contribution in [0.15, 0.2) is 18.3 Å². The van der Waals surface area contributed by atoms with Crippen molar-refractivity contribution in [2.24, 2.45) is 5.92 Å². The van der Waals surface area contributed by atoms with Crippen LogP contribution >= 0.6 is 0 Å². The number of rotatable bonds is 3. The first kappa shape index (κ1) is 11.0. The third kappa shape index (κ3) is 2.76. The van der Waals surface area contributed by atoms with Crippen LogP contribution in [0, 0.1) is 16.0 Å². The fourth-order valence-corrected chi connectivity index (χ4v) is 1.89. The van der Waals surface area contributed by atoms with Crippen LogP contribution in [0.1, 0.15) is 18.5 Å². The first-order valence-corrected chi connectivity index (χ1v) is 5.43. The van der Waals surface area contributed by atoms with Crippen LogP contribution < -0.4 is 0 Å². The van der Waals surface area contributed by atoms with Crippen LogP contribution in [-0.4, -0.2) is 23.1 Å². The Kier molecular flexibility index (Phi) is 3.46. The number of aromatic nitrogens is 1. The van der Waals surface area contributed by atoms with Crippen molar-refractivity contribution in [3.8, 4) is 0 Å². The van der Waals surface area contributed by atoms with E-state index in [0.717, 1.165) is 38.2 Å². The number of ether oxygens (including phenoxy) is 1. The van der Waals surface area contributed by atoms with Crippen molar-refractivity contribution in [2.75, 3.05) is 13.2 Å². The summed E-state index contributed by atoms with van der Waals surface area (Å²) in [6, 6.07) is 3.26. The zero-order chi connectivity index (χ0) is 11.4. The summed E-state index contributed by atoms with van der Waals surface area (Å²) in [7, 11) is 0. The molecule has 0 bridgehead atoms. The quantitative estimate of drug-likeness (QED) is 0.579. The molecule has 0 amide bonds. The maximum Gasteiger partial charge on any atom is 0.287 e. The van der Waals surface area contributed by atoms with Gasteiger partial charge in [0.15, 0.2) is 0 Å². The molecule has 1 aliphatic heterocycles. The van der Waals surface area contributed by atoms with Gasteiger partial charge in [-0.3, -0.25) is 15.1 Å². The maximum absolute atomic E-state index is 10.5. The maximum atomic E-state index is 10.5. The van der Waals surface area contributed by atoms with Crippen LogP contribution in [0.25, 0.3) is 0 Å². The van der Waals surface area contributed by atoms with E-state index in [1.54, 1.807) is 6.07 Å². The van der Waals surface area contributed by atoms with Gasteiger partial charge in [-0.05, 0) is 31.2 Å². The molecular formula is C11H14N2O3. The van der Waals surface area contributed by atoms with Gasteiger partial charge in [-0.15, -0.1) is 0 Å². The highest BCUT2D eigenvalue weighted by molar-refractivity contribution is 5.26. The van der Waals surface area contributed by atoms with Crippen molar-refractivity contribution >= 4 is 5.69 Å². The first-order chi connectivity index (χ1) is 7.75. The van der Waals surface area contributed by atoms with E-state index < -0.39 is 4.92 Å². The van der Waals surface area contributed by atoms with Crippen LogP contribution in [0.3, 0.4) is 0 Å². The van der Waals surface area contributed by atoms with Crippen LogP contribution in [0.4, 0.5) is 5.69 Å². The molecule has 0 saturated carbocycles. The van der Waals surface area contributed by atoms with Crippen molar-refractivity contribution in [2.45, 2.75) is 19.3 Å². The molecule has 16 heavy (non-hydrogen) atoms. The Bertz CT molecular complexity index is 358. The summed E-state index contributed by atoms with van der Waals surface area (Å²) in [5.41, 5.74) is 0.980. The minimum Gasteiger partial charge on any atom is -0.381 e. The van der Waals surface area contributed by atoms with Gasteiger partial charge in [0, 0.05) is 25.0 Å². The van der Waals surface area contributed by atoms with Gasteiger partial charge in [-0.25, -0.2) is 0 Å². The highest BCUT2D eigenvalue weighted by Crippen LogP contribution is 2.19. The average molecular weight is 222 g/mol. The minimum atomic E-state index is -0.425. The Balaban J connectivity index is 1.96. The Morgan fingerprint density at radius 3 is 2.75 bits per heavy atom. The molecule has 0 aliphatic carbocycles. The molecular weight excluding hydrogens is 208 g/mol. The molecule has 2 rings (SSSR count). The van der Waals surface area contributed by atoms with E-state index in [2.05, 4.69) is 4.98 Å². The summed E-state index contributed by atoms with van der Waals surface area (Å²) in [6.45, 7) is 1.63. The smallest absolute Gasteiger partial charge is 0.287 e. The summed E-state index contributed by atoms with van der Waals surface area (Å²) in [4.78, 5) is 14.1. The molecule has 2 heterocycles. The van der Waals surface area contributed by atoms with Gasteiger partial charge in [0.05, 0.1) is 4.92 Å². The van der Waals surface area contributed by atoms with Gasteiger partial charge in [0.2, 0.25) is 0 Å². The Morgan fingerprint density at radius 1 is 1.44 bits per heavy atom. The molecule has 1 aromatic rings. The van der Waals surface area contributed by atoms with E-state index in [1.165, 1.54) is 12.3 Å². The third-order valence-corrected chi connectivity index (χ3v) is 2.86. The molecule has 86 valence electrons. The molecule has 1 saturated heterocycles. The molecule has 0 atom stereocenters. The van der Waals surface area contributed by atoms with Gasteiger partial charge in [-0.1, -0.05) is 0 Å². The Morgan fingerprint density at radius 2 is 2.19 bits per heavy atom. The van der Waals surface area contributed by atoms with Crippen LogP contribution in [-0.2, 0) is 11.2 Å².